The average Bonchev–Trinajstić information content (AvgIpc) is 1.53. The Labute approximate surface area is 749 Å². The van der Waals surface area contributed by atoms with Crippen molar-refractivity contribution in [3.05, 3.63) is 0 Å². The number of carbonyl (C=O) groups excluding carboxylic acids is 6. The number of piperazine rings is 2. The van der Waals surface area contributed by atoms with Gasteiger partial charge in [0, 0.05) is 96.4 Å². The Hall–Kier alpha value is -2.77. The molecule has 20 aliphatic rings. The Bertz CT molecular complexity index is 3750. The van der Waals surface area contributed by atoms with Crippen molar-refractivity contribution in [2.45, 2.75) is 362 Å². The van der Waals surface area contributed by atoms with E-state index in [9.17, 15) is 49.2 Å². The quantitative estimate of drug-likeness (QED) is 0.144. The minimum Gasteiger partial charge on any atom is -0.390 e. The maximum absolute atomic E-state index is 15.5. The molecule has 16 saturated carbocycles. The standard InChI is InChI=1S/C27H43FN2O3.C27H44N2O3.C27H45NO2.C26H43NO2/c1-17(31)30-12-10-29(11-13-30)16-25(32)23-5-4-22-20-14-24(28)21-15-26(2,33)8-6-19(21)18(20)7-9-27(22,23)3;1-18(30)29-14-12-28(13-15-29)17-25(31)24-7-6-23-22-5-4-19-16-26(2,32)10-8-20(19)21(22)9-11-27(23,24)3;1-18-5-4-14-28(16-18)17-25(29)24-9-8-23-22-7-6-19-15-26(2,30)12-10-20(19)21(22)11-13-27(23,24)3;1-25(29)12-10-19-18(16-25)6-7-21-20(19)11-13-26(2)22(21)8-9-23(26)24(28)17-27-14-4-3-5-15-27/h18-24,33H,4-16H2,1-3H3;19-24,32H,4-17H2,1-3H3;18-24,30H,4-17H2,1-3H3;18-23,29H,3-17H2,1-2H3/t18-,19-,20-,21+,22+,23-,24-,26-,27+;19-,20-,21+,22+,23-,24+,26+,27-;18?,19-,20+,21-,22-,23+,24-,26-,27+;18-,19+,20-,21-,22+,23-,25-,26+/m1011/s1. The molecule has 1 unspecified atom stereocenters. The molecule has 124 heavy (non-hydrogen) atoms. The van der Waals surface area contributed by atoms with Crippen molar-refractivity contribution in [1.29, 1.82) is 0 Å². The molecule has 34 atom stereocenters. The van der Waals surface area contributed by atoms with E-state index in [4.69, 9.17) is 0 Å². The Balaban J connectivity index is 0.000000117. The van der Waals surface area contributed by atoms with E-state index in [-0.39, 0.29) is 51.2 Å². The molecule has 20 rings (SSSR count). The fourth-order valence-electron chi connectivity index (χ4n) is 36.7. The molecule has 20 fully saturated rings. The van der Waals surface area contributed by atoms with Gasteiger partial charge in [-0.15, -0.1) is 0 Å². The molecule has 0 aromatic heterocycles. The van der Waals surface area contributed by atoms with Gasteiger partial charge in [-0.25, -0.2) is 4.39 Å². The zero-order chi connectivity index (χ0) is 87.5. The molecular formula is C107H175FN6O10. The van der Waals surface area contributed by atoms with Crippen molar-refractivity contribution in [2.75, 3.05) is 105 Å². The van der Waals surface area contributed by atoms with Crippen molar-refractivity contribution < 1.29 is 53.6 Å². The van der Waals surface area contributed by atoms with Crippen molar-refractivity contribution >= 4 is 34.9 Å². The van der Waals surface area contributed by atoms with E-state index in [1.54, 1.807) is 13.8 Å². The predicted molar refractivity (Wildman–Crippen MR) is 488 cm³/mol. The largest absolute Gasteiger partial charge is 0.390 e. The third kappa shape index (κ3) is 18.7. The third-order valence-electron chi connectivity index (χ3n) is 42.9. The lowest BCUT2D eigenvalue weighted by molar-refractivity contribution is -0.140. The van der Waals surface area contributed by atoms with Crippen LogP contribution in [0.15, 0.2) is 0 Å². The summed E-state index contributed by atoms with van der Waals surface area (Å²) in [6, 6.07) is 0. The van der Waals surface area contributed by atoms with Crippen LogP contribution in [0.4, 0.5) is 4.39 Å². The van der Waals surface area contributed by atoms with Gasteiger partial charge in [0.1, 0.15) is 29.3 Å². The first-order valence-corrected chi connectivity index (χ1v) is 53.0. The summed E-state index contributed by atoms with van der Waals surface area (Å²) in [5, 5.41) is 42.4. The average molecular weight is 1720 g/mol. The van der Waals surface area contributed by atoms with Crippen LogP contribution in [-0.4, -0.2) is 218 Å². The fraction of sp³-hybridized carbons (Fsp3) is 0.944. The first kappa shape index (κ1) is 93.1. The van der Waals surface area contributed by atoms with Gasteiger partial charge in [0.25, 0.3) is 0 Å². The van der Waals surface area contributed by atoms with Crippen LogP contribution in [0.3, 0.4) is 0 Å². The maximum atomic E-state index is 15.5. The molecular weight excluding hydrogens is 1550 g/mol. The van der Waals surface area contributed by atoms with Crippen LogP contribution >= 0.6 is 0 Å². The van der Waals surface area contributed by atoms with Gasteiger partial charge in [0.2, 0.25) is 11.8 Å². The number of hydrogen-bond donors (Lipinski definition) is 4. The maximum Gasteiger partial charge on any atom is 0.219 e. The smallest absolute Gasteiger partial charge is 0.219 e. The van der Waals surface area contributed by atoms with Gasteiger partial charge < -0.3 is 30.2 Å². The van der Waals surface area contributed by atoms with Gasteiger partial charge in [-0.2, -0.15) is 0 Å². The Morgan fingerprint density at radius 3 is 0.927 bits per heavy atom. The van der Waals surface area contributed by atoms with E-state index in [1.807, 2.05) is 23.6 Å². The van der Waals surface area contributed by atoms with Gasteiger partial charge in [-0.1, -0.05) is 41.0 Å². The molecule has 0 aromatic rings. The number of alkyl halides is 1. The van der Waals surface area contributed by atoms with Gasteiger partial charge >= 0.3 is 0 Å². The Kier molecular flexibility index (Phi) is 27.7. The van der Waals surface area contributed by atoms with Crippen LogP contribution in [0.5, 0.6) is 0 Å². The molecule has 4 N–H and O–H groups in total. The minimum atomic E-state index is -0.808. The van der Waals surface area contributed by atoms with Gasteiger partial charge in [-0.05, 0) is 444 Å². The summed E-state index contributed by atoms with van der Waals surface area (Å²) in [5.41, 5.74) is -1.28. The molecule has 16 aliphatic carbocycles. The normalized spacial score (nSPS) is 49.2. The van der Waals surface area contributed by atoms with E-state index < -0.39 is 28.6 Å². The highest BCUT2D eigenvalue weighted by Gasteiger charge is 2.65. The van der Waals surface area contributed by atoms with Gasteiger partial charge in [-0.3, -0.25) is 48.4 Å². The number of piperidine rings is 2. The number of amides is 2. The summed E-state index contributed by atoms with van der Waals surface area (Å²) in [6.07, 6.45) is 45.5. The lowest BCUT2D eigenvalue weighted by Gasteiger charge is -2.57. The highest BCUT2D eigenvalue weighted by atomic mass is 19.1. The molecule has 4 aliphatic heterocycles. The monoisotopic (exact) mass is 1720 g/mol. The molecule has 2 amide bonds. The number of ketones is 4. The highest BCUT2D eigenvalue weighted by Crippen LogP contribution is 2.70. The van der Waals surface area contributed by atoms with Gasteiger partial charge in [0.05, 0.1) is 48.6 Å². The molecule has 17 heteroatoms. The molecule has 0 aromatic carbocycles. The highest BCUT2D eigenvalue weighted by molar-refractivity contribution is 5.86. The summed E-state index contributed by atoms with van der Waals surface area (Å²) in [4.78, 5) is 90.2. The topological polar surface area (TPSA) is 203 Å². The number of fused-ring (bicyclic) bond motifs is 20. The van der Waals surface area contributed by atoms with Crippen molar-refractivity contribution in [3.8, 4) is 0 Å². The summed E-state index contributed by atoms with van der Waals surface area (Å²) >= 11 is 0. The summed E-state index contributed by atoms with van der Waals surface area (Å²) in [7, 11) is 0. The third-order valence-corrected chi connectivity index (χ3v) is 42.9. The molecule has 4 saturated heterocycles. The first-order valence-electron chi connectivity index (χ1n) is 53.0. The molecule has 0 radical (unpaired) electrons. The molecule has 4 heterocycles. The number of likely N-dealkylation sites (tertiary alicyclic amines) is 2. The fourth-order valence-corrected chi connectivity index (χ4v) is 36.7. The number of Topliss-reactive ketones (excluding diaryl/α,β-unsaturated/α-hetero) is 4. The number of halogens is 1. The Morgan fingerprint density at radius 2 is 0.581 bits per heavy atom. The zero-order valence-corrected chi connectivity index (χ0v) is 79.9. The van der Waals surface area contributed by atoms with E-state index in [0.29, 0.717) is 110 Å². The summed E-state index contributed by atoms with van der Waals surface area (Å²) in [5.74, 6) is 17.9. The molecule has 0 bridgehead atoms. The zero-order valence-electron chi connectivity index (χ0n) is 79.9. The summed E-state index contributed by atoms with van der Waals surface area (Å²) < 4.78 is 15.5. The van der Waals surface area contributed by atoms with Crippen LogP contribution < -0.4 is 0 Å². The van der Waals surface area contributed by atoms with Crippen molar-refractivity contribution in [1.82, 2.24) is 29.4 Å². The SMILES string of the molecule is CC(=O)N1CCN(CC(=O)[C@H]2CC[C@H]3[C@@H]4CC[C@H]5C[C@](C)(O)CC[C@@H]5[C@H]4CC[C@]23C)CC1.CC(=O)N1CCN(CC(=O)[C@H]2CC[C@H]3[C@@H]4C[C@@H](F)[C@H]5C[C@](C)(O)CC[C@@H]5[C@H]4CC[C@]23C)CC1.CC1CCCN(CC(=O)[C@H]2CC[C@H]3[C@@H]4CC[C@@H]5C[C@](C)(O)CC[C@@H]5[C@H]4CC[C@]23C)C1.C[C@@]1(O)CC[C@H]2[C@H](CC[C@@H]3[C@@H]2CC[C@]2(C)[C@@H](C(=O)CN4CCCCC4)CC[C@@H]32)C1. The number of aliphatic hydroxyl groups is 4. The number of nitrogens with zero attached hydrogens (tertiary/aromatic N) is 6. The van der Waals surface area contributed by atoms with Crippen LogP contribution in [0.25, 0.3) is 0 Å². The number of hydrogen-bond acceptors (Lipinski definition) is 14. The van der Waals surface area contributed by atoms with Crippen LogP contribution in [0, 0.1) is 170 Å². The second-order valence-corrected chi connectivity index (χ2v) is 50.2. The van der Waals surface area contributed by atoms with Crippen molar-refractivity contribution in [3.63, 3.8) is 0 Å². The second-order valence-electron chi connectivity index (χ2n) is 50.2. The molecule has 16 nitrogen and oxygen atoms in total. The van der Waals surface area contributed by atoms with E-state index in [2.05, 4.69) is 68.1 Å². The number of carbonyl (C=O) groups is 6. The molecule has 700 valence electrons. The first-order chi connectivity index (χ1) is 58.9. The second kappa shape index (κ2) is 36.9. The Morgan fingerprint density at radius 1 is 0.290 bits per heavy atom. The van der Waals surface area contributed by atoms with Crippen LogP contribution in [0.2, 0.25) is 0 Å². The van der Waals surface area contributed by atoms with E-state index in [1.165, 1.54) is 148 Å². The predicted octanol–water partition coefficient (Wildman–Crippen LogP) is 17.8. The van der Waals surface area contributed by atoms with E-state index in [0.717, 1.165) is 257 Å². The minimum absolute atomic E-state index is 0.00612. The van der Waals surface area contributed by atoms with Crippen LogP contribution in [-0.2, 0) is 28.8 Å². The van der Waals surface area contributed by atoms with Crippen molar-refractivity contribution in [2.24, 2.45) is 170 Å². The van der Waals surface area contributed by atoms with E-state index >= 15 is 4.39 Å². The van der Waals surface area contributed by atoms with Crippen LogP contribution in [0.1, 0.15) is 333 Å². The lowest BCUT2D eigenvalue weighted by Crippen LogP contribution is -2.55. The van der Waals surface area contributed by atoms with Gasteiger partial charge in [0.15, 0.2) is 0 Å². The lowest BCUT2D eigenvalue weighted by atomic mass is 9.48. The molecule has 0 spiro atoms. The number of rotatable bonds is 12. The summed E-state index contributed by atoms with van der Waals surface area (Å²) in [6.45, 7) is 36.6.